The van der Waals surface area contributed by atoms with Crippen LogP contribution < -0.4 is 20.1 Å². The first-order chi connectivity index (χ1) is 13.5. The molecule has 1 heterocycles. The van der Waals surface area contributed by atoms with Crippen LogP contribution >= 0.6 is 0 Å². The highest BCUT2D eigenvalue weighted by Crippen LogP contribution is 2.28. The number of nitrogens with zero attached hydrogens (tertiary/aromatic N) is 3. The van der Waals surface area contributed by atoms with E-state index in [1.807, 2.05) is 38.6 Å². The number of aromatic nitrogens is 2. The topological polar surface area (TPSA) is 72.7 Å². The molecule has 0 aliphatic heterocycles. The maximum Gasteiger partial charge on any atom is 0.191 e. The van der Waals surface area contributed by atoms with Crippen LogP contribution in [0.15, 0.2) is 23.2 Å². The largest absolute Gasteiger partial charge is 0.490 e. The minimum atomic E-state index is 0.617. The molecule has 0 saturated heterocycles. The molecule has 2 N–H and O–H groups in total. The zero-order chi connectivity index (χ0) is 20.5. The summed E-state index contributed by atoms with van der Waals surface area (Å²) in [5.41, 5.74) is 4.60. The first kappa shape index (κ1) is 21.6. The van der Waals surface area contributed by atoms with Gasteiger partial charge in [-0.05, 0) is 51.8 Å². The summed E-state index contributed by atoms with van der Waals surface area (Å²) in [6.07, 6.45) is 0.859. The number of guanidine groups is 1. The quantitative estimate of drug-likeness (QED) is 0.511. The van der Waals surface area contributed by atoms with Crippen molar-refractivity contribution in [3.8, 4) is 11.5 Å². The van der Waals surface area contributed by atoms with Crippen LogP contribution in [0.25, 0.3) is 0 Å². The molecular formula is C21H33N5O2. The molecule has 2 aromatic rings. The Bertz CT molecular complexity index is 798. The summed E-state index contributed by atoms with van der Waals surface area (Å²) in [7, 11) is 3.74. The van der Waals surface area contributed by atoms with Crippen molar-refractivity contribution in [3.63, 3.8) is 0 Å². The molecule has 7 heteroatoms. The van der Waals surface area contributed by atoms with Gasteiger partial charge in [-0.1, -0.05) is 6.07 Å². The van der Waals surface area contributed by atoms with E-state index in [1.54, 1.807) is 7.05 Å². The lowest BCUT2D eigenvalue weighted by Crippen LogP contribution is -2.38. The van der Waals surface area contributed by atoms with Crippen LogP contribution in [0.2, 0.25) is 0 Å². The van der Waals surface area contributed by atoms with Crippen molar-refractivity contribution in [1.29, 1.82) is 0 Å². The van der Waals surface area contributed by atoms with Gasteiger partial charge in [0.05, 0.1) is 18.9 Å². The van der Waals surface area contributed by atoms with E-state index in [4.69, 9.17) is 9.47 Å². The van der Waals surface area contributed by atoms with E-state index in [9.17, 15) is 0 Å². The molecule has 0 saturated carbocycles. The van der Waals surface area contributed by atoms with Crippen molar-refractivity contribution in [1.82, 2.24) is 20.4 Å². The third-order valence-electron chi connectivity index (χ3n) is 4.63. The molecule has 0 atom stereocenters. The van der Waals surface area contributed by atoms with Crippen molar-refractivity contribution in [2.75, 3.05) is 26.8 Å². The molecular weight excluding hydrogens is 354 g/mol. The molecule has 28 heavy (non-hydrogen) atoms. The second-order valence-electron chi connectivity index (χ2n) is 6.52. The van der Waals surface area contributed by atoms with Gasteiger partial charge in [0.15, 0.2) is 17.5 Å². The standard InChI is InChI=1S/C21H33N5O2/c1-7-27-19-10-9-17(13-20(19)28-8-2)11-12-23-21(22-5)24-14-18-15(3)25-26(6)16(18)4/h9-10,13H,7-8,11-12,14H2,1-6H3,(H2,22,23,24). The van der Waals surface area contributed by atoms with Crippen LogP contribution in [0.4, 0.5) is 0 Å². The fourth-order valence-electron chi connectivity index (χ4n) is 3.04. The van der Waals surface area contributed by atoms with E-state index in [0.29, 0.717) is 19.8 Å². The molecule has 0 fully saturated rings. The Hall–Kier alpha value is -2.70. The first-order valence-electron chi connectivity index (χ1n) is 9.82. The van der Waals surface area contributed by atoms with Crippen molar-refractivity contribution < 1.29 is 9.47 Å². The zero-order valence-electron chi connectivity index (χ0n) is 17.9. The Morgan fingerprint density at radius 2 is 1.82 bits per heavy atom. The molecule has 0 aliphatic carbocycles. The van der Waals surface area contributed by atoms with Gasteiger partial charge in [-0.3, -0.25) is 9.67 Å². The molecule has 0 spiro atoms. The highest BCUT2D eigenvalue weighted by Gasteiger charge is 2.10. The third kappa shape index (κ3) is 5.65. The second kappa shape index (κ2) is 10.6. The molecule has 0 bridgehead atoms. The number of ether oxygens (including phenoxy) is 2. The van der Waals surface area contributed by atoms with Gasteiger partial charge in [0.1, 0.15) is 0 Å². The lowest BCUT2D eigenvalue weighted by molar-refractivity contribution is 0.287. The van der Waals surface area contributed by atoms with Crippen molar-refractivity contribution >= 4 is 5.96 Å². The van der Waals surface area contributed by atoms with E-state index in [-0.39, 0.29) is 0 Å². The van der Waals surface area contributed by atoms with Gasteiger partial charge >= 0.3 is 0 Å². The number of nitrogens with one attached hydrogen (secondary N) is 2. The predicted molar refractivity (Wildman–Crippen MR) is 113 cm³/mol. The van der Waals surface area contributed by atoms with Gasteiger partial charge in [-0.15, -0.1) is 0 Å². The SMILES string of the molecule is CCOc1ccc(CCNC(=NC)NCc2c(C)nn(C)c2C)cc1OCC. The summed E-state index contributed by atoms with van der Waals surface area (Å²) < 4.78 is 13.2. The van der Waals surface area contributed by atoms with Crippen LogP contribution in [0, 0.1) is 13.8 Å². The molecule has 0 amide bonds. The molecule has 1 aromatic heterocycles. The van der Waals surface area contributed by atoms with Crippen LogP contribution in [0.3, 0.4) is 0 Å². The number of aryl methyl sites for hydroxylation is 2. The lowest BCUT2D eigenvalue weighted by Gasteiger charge is -2.14. The summed E-state index contributed by atoms with van der Waals surface area (Å²) in [5, 5.41) is 11.2. The van der Waals surface area contributed by atoms with Gasteiger partial charge in [-0.25, -0.2) is 0 Å². The molecule has 154 valence electrons. The fraction of sp³-hybridized carbons (Fsp3) is 0.524. The maximum atomic E-state index is 5.70. The summed E-state index contributed by atoms with van der Waals surface area (Å²) in [4.78, 5) is 4.31. The molecule has 0 radical (unpaired) electrons. The lowest BCUT2D eigenvalue weighted by atomic mass is 10.1. The number of hydrogen-bond acceptors (Lipinski definition) is 4. The minimum Gasteiger partial charge on any atom is -0.490 e. The number of benzene rings is 1. The summed E-state index contributed by atoms with van der Waals surface area (Å²) in [5.74, 6) is 2.37. The van der Waals surface area contributed by atoms with E-state index in [2.05, 4.69) is 39.8 Å². The number of hydrogen-bond donors (Lipinski definition) is 2. The average molecular weight is 388 g/mol. The van der Waals surface area contributed by atoms with Crippen LogP contribution in [-0.4, -0.2) is 42.5 Å². The van der Waals surface area contributed by atoms with Crippen LogP contribution in [0.5, 0.6) is 11.5 Å². The molecule has 2 rings (SSSR count). The van der Waals surface area contributed by atoms with Gasteiger partial charge in [-0.2, -0.15) is 5.10 Å². The Labute approximate surface area is 168 Å². The highest BCUT2D eigenvalue weighted by molar-refractivity contribution is 5.79. The Kier molecular flexibility index (Phi) is 8.17. The monoisotopic (exact) mass is 387 g/mol. The van der Waals surface area contributed by atoms with Crippen molar-refractivity contribution in [2.24, 2.45) is 12.0 Å². The molecule has 7 nitrogen and oxygen atoms in total. The Morgan fingerprint density at radius 3 is 2.43 bits per heavy atom. The Morgan fingerprint density at radius 1 is 1.11 bits per heavy atom. The third-order valence-corrected chi connectivity index (χ3v) is 4.63. The average Bonchev–Trinajstić information content (AvgIpc) is 2.92. The van der Waals surface area contributed by atoms with E-state index < -0.39 is 0 Å². The Balaban J connectivity index is 1.89. The number of aliphatic imine (C=N–C) groups is 1. The van der Waals surface area contributed by atoms with Gasteiger partial charge in [0.25, 0.3) is 0 Å². The summed E-state index contributed by atoms with van der Waals surface area (Å²) in [6, 6.07) is 6.10. The molecule has 0 aliphatic rings. The highest BCUT2D eigenvalue weighted by atomic mass is 16.5. The first-order valence-corrected chi connectivity index (χ1v) is 9.82. The van der Waals surface area contributed by atoms with E-state index in [0.717, 1.165) is 36.1 Å². The summed E-state index contributed by atoms with van der Waals surface area (Å²) in [6.45, 7) is 10.8. The fourth-order valence-corrected chi connectivity index (χ4v) is 3.04. The van der Waals surface area contributed by atoms with E-state index in [1.165, 1.54) is 16.8 Å². The normalized spacial score (nSPS) is 11.4. The zero-order valence-corrected chi connectivity index (χ0v) is 17.9. The predicted octanol–water partition coefficient (Wildman–Crippen LogP) is 2.74. The minimum absolute atomic E-state index is 0.617. The second-order valence-corrected chi connectivity index (χ2v) is 6.52. The molecule has 0 unspecified atom stereocenters. The van der Waals surface area contributed by atoms with Gasteiger partial charge in [0, 0.05) is 38.4 Å². The van der Waals surface area contributed by atoms with Crippen LogP contribution in [0.1, 0.15) is 36.4 Å². The van der Waals surface area contributed by atoms with Gasteiger partial charge in [0.2, 0.25) is 0 Å². The van der Waals surface area contributed by atoms with Crippen molar-refractivity contribution in [3.05, 3.63) is 40.7 Å². The van der Waals surface area contributed by atoms with Crippen molar-refractivity contribution in [2.45, 2.75) is 40.7 Å². The van der Waals surface area contributed by atoms with Gasteiger partial charge < -0.3 is 20.1 Å². The maximum absolute atomic E-state index is 5.70. The smallest absolute Gasteiger partial charge is 0.191 e. The number of rotatable bonds is 9. The summed E-state index contributed by atoms with van der Waals surface area (Å²) >= 11 is 0. The van der Waals surface area contributed by atoms with E-state index >= 15 is 0 Å². The van der Waals surface area contributed by atoms with Crippen LogP contribution in [-0.2, 0) is 20.0 Å². The molecule has 1 aromatic carbocycles.